The highest BCUT2D eigenvalue weighted by Crippen LogP contribution is 2.36. The van der Waals surface area contributed by atoms with Gasteiger partial charge in [0.05, 0.1) is 28.9 Å². The molecular formula is C28H25N3O2S. The van der Waals surface area contributed by atoms with E-state index in [-0.39, 0.29) is 5.91 Å². The number of pyridine rings is 1. The third kappa shape index (κ3) is 4.01. The number of ether oxygens (including phenoxy) is 1. The number of aromatic nitrogens is 2. The third-order valence-corrected chi connectivity index (χ3v) is 7.09. The molecule has 1 amide bonds. The topological polar surface area (TPSA) is 55.3 Å². The zero-order valence-corrected chi connectivity index (χ0v) is 20.2. The van der Waals surface area contributed by atoms with Crippen LogP contribution in [0.5, 0.6) is 5.75 Å². The molecule has 5 nitrogen and oxygen atoms in total. The molecule has 5 aromatic rings. The van der Waals surface area contributed by atoms with Gasteiger partial charge in [0.1, 0.15) is 5.75 Å². The first-order valence-electron chi connectivity index (χ1n) is 11.3. The van der Waals surface area contributed by atoms with Gasteiger partial charge in [0.2, 0.25) is 0 Å². The van der Waals surface area contributed by atoms with E-state index in [0.29, 0.717) is 29.6 Å². The highest BCUT2D eigenvalue weighted by molar-refractivity contribution is 7.22. The second kappa shape index (κ2) is 9.23. The fraction of sp³-hybridized carbons (Fsp3) is 0.179. The number of benzene rings is 3. The van der Waals surface area contributed by atoms with E-state index >= 15 is 0 Å². The van der Waals surface area contributed by atoms with E-state index in [1.165, 1.54) is 0 Å². The van der Waals surface area contributed by atoms with Gasteiger partial charge in [-0.2, -0.15) is 0 Å². The van der Waals surface area contributed by atoms with E-state index in [2.05, 4.69) is 31.0 Å². The van der Waals surface area contributed by atoms with E-state index in [1.54, 1.807) is 28.6 Å². The minimum Gasteiger partial charge on any atom is -0.493 e. The number of thiazole rings is 1. The van der Waals surface area contributed by atoms with Crippen molar-refractivity contribution in [2.24, 2.45) is 0 Å². The lowest BCUT2D eigenvalue weighted by Gasteiger charge is -2.22. The first-order valence-corrected chi connectivity index (χ1v) is 12.1. The van der Waals surface area contributed by atoms with Crippen molar-refractivity contribution in [3.05, 3.63) is 95.3 Å². The summed E-state index contributed by atoms with van der Waals surface area (Å²) in [4.78, 5) is 25.2. The number of rotatable bonds is 6. The van der Waals surface area contributed by atoms with Crippen molar-refractivity contribution in [1.82, 2.24) is 9.97 Å². The lowest BCUT2D eigenvalue weighted by molar-refractivity contribution is 0.0983. The monoisotopic (exact) mass is 467 g/mol. The summed E-state index contributed by atoms with van der Waals surface area (Å²) >= 11 is 1.55. The first kappa shape index (κ1) is 22.0. The number of anilines is 1. The van der Waals surface area contributed by atoms with Crippen LogP contribution in [0.15, 0.2) is 73.1 Å². The van der Waals surface area contributed by atoms with Crippen LogP contribution in [0.25, 0.3) is 21.0 Å². The van der Waals surface area contributed by atoms with Crippen LogP contribution >= 0.6 is 11.3 Å². The van der Waals surface area contributed by atoms with Gasteiger partial charge >= 0.3 is 0 Å². The molecule has 0 aliphatic carbocycles. The predicted octanol–water partition coefficient (Wildman–Crippen LogP) is 6.71. The Hall–Kier alpha value is -3.77. The molecule has 0 aliphatic rings. The minimum absolute atomic E-state index is 0.140. The van der Waals surface area contributed by atoms with E-state index in [4.69, 9.17) is 9.72 Å². The van der Waals surface area contributed by atoms with Crippen LogP contribution in [-0.4, -0.2) is 22.5 Å². The van der Waals surface area contributed by atoms with Gasteiger partial charge in [-0.1, -0.05) is 59.9 Å². The second-order valence-electron chi connectivity index (χ2n) is 8.22. The number of aryl methyl sites for hydroxylation is 2. The maximum atomic E-state index is 14.3. The number of nitrogens with zero attached hydrogens (tertiary/aromatic N) is 3. The molecule has 0 fully saturated rings. The molecule has 0 radical (unpaired) electrons. The van der Waals surface area contributed by atoms with Crippen LogP contribution in [0.1, 0.15) is 34.0 Å². The molecule has 0 spiro atoms. The van der Waals surface area contributed by atoms with Crippen molar-refractivity contribution < 1.29 is 9.53 Å². The van der Waals surface area contributed by atoms with Crippen molar-refractivity contribution in [1.29, 1.82) is 0 Å². The van der Waals surface area contributed by atoms with Crippen LogP contribution in [0.4, 0.5) is 5.13 Å². The number of carbonyl (C=O) groups is 1. The van der Waals surface area contributed by atoms with Crippen molar-refractivity contribution in [3.8, 4) is 5.75 Å². The average Bonchev–Trinajstić information content (AvgIpc) is 3.32. The van der Waals surface area contributed by atoms with Crippen LogP contribution in [0.3, 0.4) is 0 Å². The van der Waals surface area contributed by atoms with Crippen LogP contribution in [0.2, 0.25) is 0 Å². The highest BCUT2D eigenvalue weighted by Gasteiger charge is 2.27. The Morgan fingerprint density at radius 2 is 1.82 bits per heavy atom. The van der Waals surface area contributed by atoms with E-state index < -0.39 is 0 Å². The summed E-state index contributed by atoms with van der Waals surface area (Å²) in [7, 11) is 0. The minimum atomic E-state index is -0.140. The molecule has 170 valence electrons. The molecule has 3 aromatic carbocycles. The summed E-state index contributed by atoms with van der Waals surface area (Å²) in [6, 6.07) is 19.8. The quantitative estimate of drug-likeness (QED) is 0.279. The molecular weight excluding hydrogens is 442 g/mol. The maximum Gasteiger partial charge on any atom is 0.264 e. The Kier molecular flexibility index (Phi) is 5.99. The first-order chi connectivity index (χ1) is 16.6. The molecule has 2 aromatic heterocycles. The number of hydrogen-bond acceptors (Lipinski definition) is 5. The van der Waals surface area contributed by atoms with Gasteiger partial charge < -0.3 is 4.74 Å². The Balaban J connectivity index is 1.70. The summed E-state index contributed by atoms with van der Waals surface area (Å²) in [6.45, 7) is 6.89. The van der Waals surface area contributed by atoms with Crippen LogP contribution < -0.4 is 9.64 Å². The molecule has 6 heteroatoms. The standard InChI is InChI=1S/C28H25N3O2S/c1-4-33-23-14-13-21-9-5-6-10-22(21)24(23)27(32)31(17-20-8-7-15-29-16-20)28-30-25-18(2)11-12-19(3)26(25)34-28/h5-16H,4,17H2,1-3H3. The molecule has 0 N–H and O–H groups in total. The van der Waals surface area contributed by atoms with Gasteiger partial charge in [-0.15, -0.1) is 0 Å². The van der Waals surface area contributed by atoms with Gasteiger partial charge in [0, 0.05) is 12.4 Å². The Morgan fingerprint density at radius 1 is 1.00 bits per heavy atom. The molecule has 0 saturated heterocycles. The normalized spacial score (nSPS) is 11.1. The lowest BCUT2D eigenvalue weighted by atomic mass is 10.0. The molecule has 2 heterocycles. The average molecular weight is 468 g/mol. The third-order valence-electron chi connectivity index (χ3n) is 5.87. The number of hydrogen-bond donors (Lipinski definition) is 0. The second-order valence-corrected chi connectivity index (χ2v) is 9.20. The lowest BCUT2D eigenvalue weighted by Crippen LogP contribution is -2.31. The number of carbonyl (C=O) groups excluding carboxylic acids is 1. The van der Waals surface area contributed by atoms with Crippen LogP contribution in [0, 0.1) is 13.8 Å². The largest absolute Gasteiger partial charge is 0.493 e. The van der Waals surface area contributed by atoms with Crippen LogP contribution in [-0.2, 0) is 6.54 Å². The molecule has 0 unspecified atom stereocenters. The van der Waals surface area contributed by atoms with Gasteiger partial charge in [0.25, 0.3) is 5.91 Å². The van der Waals surface area contributed by atoms with Crippen molar-refractivity contribution in [3.63, 3.8) is 0 Å². The van der Waals surface area contributed by atoms with E-state index in [1.807, 2.05) is 55.5 Å². The smallest absolute Gasteiger partial charge is 0.264 e. The number of amides is 1. The van der Waals surface area contributed by atoms with Gasteiger partial charge in [0.15, 0.2) is 5.13 Å². The summed E-state index contributed by atoms with van der Waals surface area (Å²) < 4.78 is 7.02. The highest BCUT2D eigenvalue weighted by atomic mass is 32.1. The molecule has 0 aliphatic heterocycles. The van der Waals surface area contributed by atoms with Crippen molar-refractivity contribution in [2.45, 2.75) is 27.3 Å². The van der Waals surface area contributed by atoms with Gasteiger partial charge in [-0.05, 0) is 60.4 Å². The summed E-state index contributed by atoms with van der Waals surface area (Å²) in [5, 5.41) is 2.52. The summed E-state index contributed by atoms with van der Waals surface area (Å²) in [5.41, 5.74) is 4.67. The predicted molar refractivity (Wildman–Crippen MR) is 139 cm³/mol. The Morgan fingerprint density at radius 3 is 2.59 bits per heavy atom. The molecule has 0 bridgehead atoms. The van der Waals surface area contributed by atoms with E-state index in [0.717, 1.165) is 37.7 Å². The molecule has 0 saturated carbocycles. The molecule has 5 rings (SSSR count). The Labute approximate surface area is 202 Å². The Bertz CT molecular complexity index is 1460. The zero-order chi connectivity index (χ0) is 23.7. The maximum absolute atomic E-state index is 14.3. The molecule has 34 heavy (non-hydrogen) atoms. The number of fused-ring (bicyclic) bond motifs is 2. The van der Waals surface area contributed by atoms with E-state index in [9.17, 15) is 4.79 Å². The van der Waals surface area contributed by atoms with Gasteiger partial charge in [-0.3, -0.25) is 14.7 Å². The SMILES string of the molecule is CCOc1ccc2ccccc2c1C(=O)N(Cc1cccnc1)c1nc2c(C)ccc(C)c2s1. The van der Waals surface area contributed by atoms with Gasteiger partial charge in [-0.25, -0.2) is 4.98 Å². The van der Waals surface area contributed by atoms with Crippen molar-refractivity contribution in [2.75, 3.05) is 11.5 Å². The molecule has 0 atom stereocenters. The van der Waals surface area contributed by atoms with Crippen molar-refractivity contribution >= 4 is 43.4 Å². The zero-order valence-electron chi connectivity index (χ0n) is 19.4. The summed E-state index contributed by atoms with van der Waals surface area (Å²) in [5.74, 6) is 0.439. The fourth-order valence-corrected chi connectivity index (χ4v) is 5.26. The summed E-state index contributed by atoms with van der Waals surface area (Å²) in [6.07, 6.45) is 3.52. The fourth-order valence-electron chi connectivity index (χ4n) is 4.15.